The minimum Gasteiger partial charge on any atom is -0.369 e. The van der Waals surface area contributed by atoms with Crippen LogP contribution in [0.3, 0.4) is 0 Å². The molecular formula is C22H21N3O. The van der Waals surface area contributed by atoms with Crippen molar-refractivity contribution < 1.29 is 4.79 Å². The van der Waals surface area contributed by atoms with Crippen LogP contribution >= 0.6 is 0 Å². The fourth-order valence-corrected chi connectivity index (χ4v) is 3.48. The zero-order valence-electron chi connectivity index (χ0n) is 14.9. The van der Waals surface area contributed by atoms with Crippen LogP contribution in [0.1, 0.15) is 18.9 Å². The van der Waals surface area contributed by atoms with E-state index in [0.717, 1.165) is 16.7 Å². The van der Waals surface area contributed by atoms with Crippen LogP contribution in [0, 0.1) is 0 Å². The number of amides is 1. The number of carbonyl (C=O) groups excluding carboxylic acids is 1. The summed E-state index contributed by atoms with van der Waals surface area (Å²) in [4.78, 5) is 18.3. The molecule has 1 amide bonds. The van der Waals surface area contributed by atoms with Crippen molar-refractivity contribution in [2.24, 2.45) is 10.7 Å². The summed E-state index contributed by atoms with van der Waals surface area (Å²) in [5.41, 5.74) is 8.55. The van der Waals surface area contributed by atoms with Crippen LogP contribution in [0.5, 0.6) is 0 Å². The van der Waals surface area contributed by atoms with E-state index in [9.17, 15) is 4.79 Å². The summed E-state index contributed by atoms with van der Waals surface area (Å²) in [5, 5.41) is 2.43. The van der Waals surface area contributed by atoms with Crippen molar-refractivity contribution in [1.82, 2.24) is 4.90 Å². The van der Waals surface area contributed by atoms with Crippen molar-refractivity contribution in [1.29, 1.82) is 0 Å². The number of rotatable bonds is 2. The topological polar surface area (TPSA) is 58.7 Å². The number of guanidine groups is 1. The molecule has 4 heteroatoms. The molecule has 4 nitrogen and oxygen atoms in total. The first-order valence-electron chi connectivity index (χ1n) is 8.68. The molecule has 1 aliphatic rings. The Hall–Kier alpha value is -3.14. The average Bonchev–Trinajstić information content (AvgIpc) is 2.66. The van der Waals surface area contributed by atoms with Crippen molar-refractivity contribution in [3.05, 3.63) is 72.3 Å². The van der Waals surface area contributed by atoms with E-state index in [4.69, 9.17) is 5.73 Å². The smallest absolute Gasteiger partial charge is 0.231 e. The first-order valence-corrected chi connectivity index (χ1v) is 8.68. The summed E-state index contributed by atoms with van der Waals surface area (Å²) in [5.74, 6) is 0.246. The molecule has 4 rings (SSSR count). The molecule has 0 aliphatic carbocycles. The Balaban J connectivity index is 1.78. The van der Waals surface area contributed by atoms with Gasteiger partial charge in [-0.1, -0.05) is 54.6 Å². The summed E-state index contributed by atoms with van der Waals surface area (Å²) in [7, 11) is 1.66. The molecule has 2 N–H and O–H groups in total. The van der Waals surface area contributed by atoms with Gasteiger partial charge in [-0.25, -0.2) is 4.99 Å². The number of aliphatic imine (C=N–C) groups is 1. The van der Waals surface area contributed by atoms with Gasteiger partial charge in [0.05, 0.1) is 12.0 Å². The monoisotopic (exact) mass is 343 g/mol. The molecule has 0 bridgehead atoms. The van der Waals surface area contributed by atoms with E-state index in [1.165, 1.54) is 15.7 Å². The lowest BCUT2D eigenvalue weighted by atomic mass is 9.86. The van der Waals surface area contributed by atoms with Crippen molar-refractivity contribution in [3.63, 3.8) is 0 Å². The van der Waals surface area contributed by atoms with Crippen LogP contribution in [0.25, 0.3) is 21.9 Å². The minimum atomic E-state index is -0.638. The van der Waals surface area contributed by atoms with Crippen LogP contribution in [0.4, 0.5) is 0 Å². The first-order chi connectivity index (χ1) is 12.5. The number of nitrogens with zero attached hydrogens (tertiary/aromatic N) is 2. The van der Waals surface area contributed by atoms with Gasteiger partial charge in [-0.2, -0.15) is 0 Å². The normalized spacial score (nSPS) is 20.3. The Morgan fingerprint density at radius 3 is 2.46 bits per heavy atom. The fraction of sp³-hybridized carbons (Fsp3) is 0.182. The van der Waals surface area contributed by atoms with Gasteiger partial charge >= 0.3 is 0 Å². The van der Waals surface area contributed by atoms with Gasteiger partial charge in [-0.15, -0.1) is 0 Å². The van der Waals surface area contributed by atoms with Gasteiger partial charge in [0.2, 0.25) is 5.91 Å². The standard InChI is InChI=1S/C22H21N3O/c1-22(14-20(26)25(2)21(23)24-22)19-9-5-8-17(13-19)18-11-10-15-6-3-4-7-16(15)12-18/h3-13H,14H2,1-2H3,(H2,23,24). The van der Waals surface area contributed by atoms with Crippen molar-refractivity contribution >= 4 is 22.6 Å². The molecule has 1 atom stereocenters. The van der Waals surface area contributed by atoms with Gasteiger partial charge in [-0.05, 0) is 46.5 Å². The maximum absolute atomic E-state index is 12.3. The van der Waals surface area contributed by atoms with Crippen LogP contribution in [0.15, 0.2) is 71.7 Å². The zero-order chi connectivity index (χ0) is 18.3. The molecule has 0 spiro atoms. The van der Waals surface area contributed by atoms with Crippen molar-refractivity contribution in [2.45, 2.75) is 18.9 Å². The molecule has 0 fully saturated rings. The van der Waals surface area contributed by atoms with E-state index in [0.29, 0.717) is 6.42 Å². The molecule has 3 aromatic rings. The zero-order valence-corrected chi connectivity index (χ0v) is 14.9. The molecule has 0 saturated carbocycles. The van der Waals surface area contributed by atoms with E-state index >= 15 is 0 Å². The van der Waals surface area contributed by atoms with Gasteiger partial charge in [-0.3, -0.25) is 9.69 Å². The number of hydrogen-bond acceptors (Lipinski definition) is 3. The molecule has 0 saturated heterocycles. The Morgan fingerprint density at radius 2 is 1.69 bits per heavy atom. The van der Waals surface area contributed by atoms with Crippen LogP contribution in [-0.2, 0) is 10.3 Å². The summed E-state index contributed by atoms with van der Waals surface area (Å²) >= 11 is 0. The third-order valence-electron chi connectivity index (χ3n) is 5.14. The van der Waals surface area contributed by atoms with Gasteiger partial charge in [0.1, 0.15) is 0 Å². The Bertz CT molecular complexity index is 1040. The van der Waals surface area contributed by atoms with Crippen LogP contribution in [0.2, 0.25) is 0 Å². The molecule has 1 unspecified atom stereocenters. The second-order valence-electron chi connectivity index (χ2n) is 7.02. The van der Waals surface area contributed by atoms with Crippen LogP contribution in [-0.4, -0.2) is 23.8 Å². The van der Waals surface area contributed by atoms with E-state index < -0.39 is 5.54 Å². The molecule has 0 radical (unpaired) electrons. The van der Waals surface area contributed by atoms with E-state index in [-0.39, 0.29) is 11.9 Å². The van der Waals surface area contributed by atoms with Gasteiger partial charge in [0.15, 0.2) is 5.96 Å². The summed E-state index contributed by atoms with van der Waals surface area (Å²) in [6, 6.07) is 23.0. The predicted octanol–water partition coefficient (Wildman–Crippen LogP) is 3.90. The van der Waals surface area contributed by atoms with E-state index in [1.807, 2.05) is 31.2 Å². The fourth-order valence-electron chi connectivity index (χ4n) is 3.48. The number of benzene rings is 3. The number of carbonyl (C=O) groups is 1. The highest BCUT2D eigenvalue weighted by atomic mass is 16.2. The SMILES string of the molecule is CN1C(=O)CC(C)(c2cccc(-c3ccc4ccccc4c3)c2)N=C1N. The second-order valence-corrected chi connectivity index (χ2v) is 7.02. The predicted molar refractivity (Wildman–Crippen MR) is 106 cm³/mol. The number of nitrogens with two attached hydrogens (primary N) is 1. The Labute approximate surface area is 153 Å². The highest BCUT2D eigenvalue weighted by Crippen LogP contribution is 2.35. The van der Waals surface area contributed by atoms with Gasteiger partial charge < -0.3 is 5.73 Å². The second kappa shape index (κ2) is 5.99. The van der Waals surface area contributed by atoms with Crippen molar-refractivity contribution in [3.8, 4) is 11.1 Å². The lowest BCUT2D eigenvalue weighted by molar-refractivity contribution is -0.128. The molecule has 130 valence electrons. The average molecular weight is 343 g/mol. The van der Waals surface area contributed by atoms with Gasteiger partial charge in [0, 0.05) is 7.05 Å². The highest BCUT2D eigenvalue weighted by Gasteiger charge is 2.36. The highest BCUT2D eigenvalue weighted by molar-refractivity contribution is 5.98. The van der Waals surface area contributed by atoms with E-state index in [1.54, 1.807) is 7.05 Å². The molecule has 1 aliphatic heterocycles. The van der Waals surface area contributed by atoms with Crippen LogP contribution < -0.4 is 5.73 Å². The summed E-state index contributed by atoms with van der Waals surface area (Å²) in [6.45, 7) is 1.96. The lowest BCUT2D eigenvalue weighted by Crippen LogP contribution is -2.47. The maximum atomic E-state index is 12.3. The Morgan fingerprint density at radius 1 is 0.962 bits per heavy atom. The van der Waals surface area contributed by atoms with E-state index in [2.05, 4.69) is 47.5 Å². The van der Waals surface area contributed by atoms with Gasteiger partial charge in [0.25, 0.3) is 0 Å². The largest absolute Gasteiger partial charge is 0.369 e. The first kappa shape index (κ1) is 16.3. The minimum absolute atomic E-state index is 0.0175. The number of hydrogen-bond donors (Lipinski definition) is 1. The number of fused-ring (bicyclic) bond motifs is 1. The molecule has 1 heterocycles. The van der Waals surface area contributed by atoms with Crippen molar-refractivity contribution in [2.75, 3.05) is 7.05 Å². The quantitative estimate of drug-likeness (QED) is 0.767. The third-order valence-corrected chi connectivity index (χ3v) is 5.14. The third kappa shape index (κ3) is 2.73. The lowest BCUT2D eigenvalue weighted by Gasteiger charge is -2.33. The molecular weight excluding hydrogens is 322 g/mol. The summed E-state index contributed by atoms with van der Waals surface area (Å²) < 4.78 is 0. The maximum Gasteiger partial charge on any atom is 0.231 e. The molecule has 3 aromatic carbocycles. The summed E-state index contributed by atoms with van der Waals surface area (Å²) in [6.07, 6.45) is 0.311. The molecule has 0 aromatic heterocycles. The Kier molecular flexibility index (Phi) is 3.76. The molecule has 26 heavy (non-hydrogen) atoms.